The molecule has 4 nitrogen and oxygen atoms in total. The highest BCUT2D eigenvalue weighted by atomic mass is 19.1. The summed E-state index contributed by atoms with van der Waals surface area (Å²) in [5, 5.41) is 9.02. The molecule has 0 aliphatic heterocycles. The van der Waals surface area contributed by atoms with E-state index in [1.54, 1.807) is 19.2 Å². The van der Waals surface area contributed by atoms with Crippen molar-refractivity contribution in [2.75, 3.05) is 17.7 Å². The quantitative estimate of drug-likeness (QED) is 0.850. The monoisotopic (exact) mass is 292 g/mol. The lowest BCUT2D eigenvalue weighted by molar-refractivity contribution is 0.0698. The van der Waals surface area contributed by atoms with Crippen LogP contribution in [-0.2, 0) is 6.54 Å². The van der Waals surface area contributed by atoms with Crippen molar-refractivity contribution in [2.45, 2.75) is 6.54 Å². The fourth-order valence-corrected chi connectivity index (χ4v) is 2.00. The van der Waals surface area contributed by atoms with E-state index in [0.717, 1.165) is 11.6 Å². The fourth-order valence-electron chi connectivity index (χ4n) is 2.00. The van der Waals surface area contributed by atoms with Crippen LogP contribution in [0.1, 0.15) is 15.9 Å². The highest BCUT2D eigenvalue weighted by Crippen LogP contribution is 2.26. The zero-order valence-corrected chi connectivity index (χ0v) is 11.3. The summed E-state index contributed by atoms with van der Waals surface area (Å²) in [7, 11) is 1.61. The number of carboxylic acids is 1. The summed E-state index contributed by atoms with van der Waals surface area (Å²) in [6, 6.07) is 7.96. The first-order valence-corrected chi connectivity index (χ1v) is 6.16. The van der Waals surface area contributed by atoms with Crippen LogP contribution in [0, 0.1) is 11.6 Å². The third-order valence-corrected chi connectivity index (χ3v) is 3.09. The van der Waals surface area contributed by atoms with Crippen LogP contribution >= 0.6 is 0 Å². The highest BCUT2D eigenvalue weighted by molar-refractivity contribution is 5.95. The number of anilines is 2. The lowest BCUT2D eigenvalue weighted by Crippen LogP contribution is -2.19. The van der Waals surface area contributed by atoms with Gasteiger partial charge in [-0.2, -0.15) is 0 Å². The standard InChI is InChI=1S/C15H14F2N2O2/c1-19(8-9-2-4-10(16)5-3-9)14-6-11(15(20)21)13(18)7-12(14)17/h2-7H,8,18H2,1H3,(H,20,21). The number of nitrogens with zero attached hydrogens (tertiary/aromatic N) is 1. The van der Waals surface area contributed by atoms with Gasteiger partial charge in [-0.3, -0.25) is 0 Å². The molecule has 0 saturated heterocycles. The molecule has 3 N–H and O–H groups in total. The second kappa shape index (κ2) is 5.78. The van der Waals surface area contributed by atoms with Gasteiger partial charge in [0.05, 0.1) is 11.3 Å². The Kier molecular flexibility index (Phi) is 4.07. The zero-order chi connectivity index (χ0) is 15.6. The van der Waals surface area contributed by atoms with E-state index in [1.807, 2.05) is 0 Å². The number of hydrogen-bond donors (Lipinski definition) is 2. The number of hydrogen-bond acceptors (Lipinski definition) is 3. The summed E-state index contributed by atoms with van der Waals surface area (Å²) in [6.45, 7) is 0.306. The van der Waals surface area contributed by atoms with E-state index in [0.29, 0.717) is 6.54 Å². The predicted molar refractivity (Wildman–Crippen MR) is 76.3 cm³/mol. The maximum atomic E-state index is 13.9. The summed E-state index contributed by atoms with van der Waals surface area (Å²) < 4.78 is 26.8. The first-order chi connectivity index (χ1) is 9.88. The molecular weight excluding hydrogens is 278 g/mol. The van der Waals surface area contributed by atoms with Crippen molar-refractivity contribution in [1.29, 1.82) is 0 Å². The van der Waals surface area contributed by atoms with Gasteiger partial charge in [-0.25, -0.2) is 13.6 Å². The third-order valence-electron chi connectivity index (χ3n) is 3.09. The van der Waals surface area contributed by atoms with Crippen LogP contribution in [0.4, 0.5) is 20.2 Å². The molecule has 0 aliphatic carbocycles. The Balaban J connectivity index is 2.30. The summed E-state index contributed by atoms with van der Waals surface area (Å²) in [5.41, 5.74) is 6.09. The molecule has 0 radical (unpaired) electrons. The number of nitrogens with two attached hydrogens (primary N) is 1. The zero-order valence-electron chi connectivity index (χ0n) is 11.3. The molecule has 0 unspecified atom stereocenters. The number of halogens is 2. The van der Waals surface area contributed by atoms with Crippen LogP contribution in [0.3, 0.4) is 0 Å². The Hall–Kier alpha value is -2.63. The highest BCUT2D eigenvalue weighted by Gasteiger charge is 2.16. The summed E-state index contributed by atoms with van der Waals surface area (Å²) in [6.07, 6.45) is 0. The molecule has 2 rings (SSSR count). The van der Waals surface area contributed by atoms with E-state index in [2.05, 4.69) is 0 Å². The SMILES string of the molecule is CN(Cc1ccc(F)cc1)c1cc(C(=O)O)c(N)cc1F. The fraction of sp³-hybridized carbons (Fsp3) is 0.133. The van der Waals surface area contributed by atoms with Crippen LogP contribution in [0.25, 0.3) is 0 Å². The minimum Gasteiger partial charge on any atom is -0.478 e. The number of carboxylic acid groups (broad SMARTS) is 1. The molecule has 0 fully saturated rings. The van der Waals surface area contributed by atoms with Crippen LogP contribution in [0.5, 0.6) is 0 Å². The van der Waals surface area contributed by atoms with Gasteiger partial charge in [0.1, 0.15) is 11.6 Å². The van der Waals surface area contributed by atoms with Crippen LogP contribution in [-0.4, -0.2) is 18.1 Å². The van der Waals surface area contributed by atoms with Gasteiger partial charge in [-0.15, -0.1) is 0 Å². The van der Waals surface area contributed by atoms with Gasteiger partial charge in [0, 0.05) is 19.3 Å². The first-order valence-electron chi connectivity index (χ1n) is 6.16. The molecule has 0 amide bonds. The van der Waals surface area contributed by atoms with Gasteiger partial charge in [-0.05, 0) is 29.8 Å². The summed E-state index contributed by atoms with van der Waals surface area (Å²) in [4.78, 5) is 12.6. The summed E-state index contributed by atoms with van der Waals surface area (Å²) in [5.74, 6) is -2.18. The van der Waals surface area contributed by atoms with E-state index < -0.39 is 11.8 Å². The van der Waals surface area contributed by atoms with Crippen LogP contribution in [0.15, 0.2) is 36.4 Å². The third kappa shape index (κ3) is 3.28. The largest absolute Gasteiger partial charge is 0.478 e. The molecule has 110 valence electrons. The Morgan fingerprint density at radius 1 is 1.24 bits per heavy atom. The molecule has 0 atom stereocenters. The predicted octanol–water partition coefficient (Wildman–Crippen LogP) is 2.88. The topological polar surface area (TPSA) is 66.6 Å². The molecule has 0 heterocycles. The Bertz CT molecular complexity index is 672. The molecular formula is C15H14F2N2O2. The van der Waals surface area contributed by atoms with Crippen LogP contribution in [0.2, 0.25) is 0 Å². The summed E-state index contributed by atoms with van der Waals surface area (Å²) >= 11 is 0. The molecule has 2 aromatic rings. The number of carbonyl (C=O) groups is 1. The maximum absolute atomic E-state index is 13.9. The van der Waals surface area contributed by atoms with Crippen LogP contribution < -0.4 is 10.6 Å². The average Bonchev–Trinajstić information content (AvgIpc) is 2.40. The molecule has 0 aliphatic rings. The number of aromatic carboxylic acids is 1. The van der Waals surface area contributed by atoms with Crippen molar-refractivity contribution in [3.63, 3.8) is 0 Å². The minimum absolute atomic E-state index is 0.117. The van der Waals surface area contributed by atoms with Crippen molar-refractivity contribution in [1.82, 2.24) is 0 Å². The van der Waals surface area contributed by atoms with E-state index in [9.17, 15) is 13.6 Å². The molecule has 6 heteroatoms. The minimum atomic E-state index is -1.22. The van der Waals surface area contributed by atoms with Gasteiger partial charge < -0.3 is 15.7 Å². The maximum Gasteiger partial charge on any atom is 0.337 e. The molecule has 21 heavy (non-hydrogen) atoms. The van der Waals surface area contributed by atoms with Crippen molar-refractivity contribution >= 4 is 17.3 Å². The van der Waals surface area contributed by atoms with Gasteiger partial charge >= 0.3 is 5.97 Å². The normalized spacial score (nSPS) is 10.4. The van der Waals surface area contributed by atoms with Gasteiger partial charge in [0.2, 0.25) is 0 Å². The van der Waals surface area contributed by atoms with Gasteiger partial charge in [0.25, 0.3) is 0 Å². The molecule has 2 aromatic carbocycles. The number of nitrogen functional groups attached to an aromatic ring is 1. The Morgan fingerprint density at radius 3 is 2.43 bits per heavy atom. The van der Waals surface area contributed by atoms with Gasteiger partial charge in [-0.1, -0.05) is 12.1 Å². The number of rotatable bonds is 4. The molecule has 0 spiro atoms. The van der Waals surface area contributed by atoms with Crippen molar-refractivity contribution in [3.05, 3.63) is 59.2 Å². The second-order valence-electron chi connectivity index (χ2n) is 4.68. The van der Waals surface area contributed by atoms with E-state index in [1.165, 1.54) is 23.1 Å². The Labute approximate surface area is 120 Å². The lowest BCUT2D eigenvalue weighted by atomic mass is 10.1. The van der Waals surface area contributed by atoms with E-state index in [4.69, 9.17) is 10.8 Å². The first kappa shape index (κ1) is 14.8. The van der Waals surface area contributed by atoms with E-state index in [-0.39, 0.29) is 22.8 Å². The molecule has 0 saturated carbocycles. The number of benzene rings is 2. The van der Waals surface area contributed by atoms with E-state index >= 15 is 0 Å². The smallest absolute Gasteiger partial charge is 0.337 e. The van der Waals surface area contributed by atoms with Crippen molar-refractivity contribution in [3.8, 4) is 0 Å². The van der Waals surface area contributed by atoms with Crippen molar-refractivity contribution in [2.24, 2.45) is 0 Å². The van der Waals surface area contributed by atoms with Gasteiger partial charge in [0.15, 0.2) is 0 Å². The molecule has 0 aromatic heterocycles. The Morgan fingerprint density at radius 2 is 1.86 bits per heavy atom. The molecule has 0 bridgehead atoms. The average molecular weight is 292 g/mol. The van der Waals surface area contributed by atoms with Crippen molar-refractivity contribution < 1.29 is 18.7 Å². The lowest BCUT2D eigenvalue weighted by Gasteiger charge is -2.21. The second-order valence-corrected chi connectivity index (χ2v) is 4.68.